The van der Waals surface area contributed by atoms with Crippen LogP contribution in [0.3, 0.4) is 0 Å². The van der Waals surface area contributed by atoms with Crippen molar-refractivity contribution < 1.29 is 35.2 Å². The molecule has 2 aromatic carbocycles. The summed E-state index contributed by atoms with van der Waals surface area (Å²) in [4.78, 5) is 4.97. The van der Waals surface area contributed by atoms with Gasteiger partial charge >= 0.3 is 6.18 Å². The fraction of sp³-hybridized carbons (Fsp3) is 0.391. The number of fused-ring (bicyclic) bond motifs is 1. The molecule has 2 heterocycles. The molecule has 0 fully saturated rings. The van der Waals surface area contributed by atoms with Crippen LogP contribution in [-0.4, -0.2) is 49.2 Å². The highest BCUT2D eigenvalue weighted by Crippen LogP contribution is 2.37. The Hall–Kier alpha value is -3.23. The number of anilines is 1. The maximum absolute atomic E-state index is 15.1. The van der Waals surface area contributed by atoms with E-state index in [-0.39, 0.29) is 35.3 Å². The number of rotatable bonds is 6. The van der Waals surface area contributed by atoms with Crippen LogP contribution >= 0.6 is 0 Å². The number of halogens is 4. The Labute approximate surface area is 210 Å². The lowest BCUT2D eigenvalue weighted by molar-refractivity contribution is -0.154. The molecule has 4 N–H and O–H groups in total. The van der Waals surface area contributed by atoms with E-state index in [1.54, 1.807) is 29.2 Å². The predicted molar refractivity (Wildman–Crippen MR) is 126 cm³/mol. The van der Waals surface area contributed by atoms with Crippen LogP contribution in [0.15, 0.2) is 45.8 Å². The average Bonchev–Trinajstić information content (AvgIpc) is 3.24. The molecule has 0 saturated carbocycles. The van der Waals surface area contributed by atoms with Crippen LogP contribution < -0.4 is 21.1 Å². The van der Waals surface area contributed by atoms with Crippen molar-refractivity contribution in [2.45, 2.75) is 49.7 Å². The largest absolute Gasteiger partial charge is 0.491 e. The minimum atomic E-state index is -4.85. The van der Waals surface area contributed by atoms with Gasteiger partial charge in [-0.3, -0.25) is 0 Å². The highest BCUT2D eigenvalue weighted by Gasteiger charge is 2.42. The van der Waals surface area contributed by atoms with Crippen LogP contribution in [0, 0.1) is 5.82 Å². The zero-order valence-corrected chi connectivity index (χ0v) is 20.7. The zero-order valence-electron chi connectivity index (χ0n) is 19.9. The van der Waals surface area contributed by atoms with E-state index in [1.165, 1.54) is 6.07 Å². The monoisotopic (exact) mass is 543 g/mol. The Balaban J connectivity index is 1.75. The molecule has 1 unspecified atom stereocenters. The number of hydrogen-bond acceptors (Lipinski definition) is 9. The normalized spacial score (nSPS) is 18.4. The number of hydrogen-bond donors (Lipinski definition) is 2. The smallest absolute Gasteiger partial charge is 0.412 e. The van der Waals surface area contributed by atoms with Gasteiger partial charge in [0.1, 0.15) is 11.6 Å². The second kappa shape index (κ2) is 9.91. The van der Waals surface area contributed by atoms with Gasteiger partial charge in [0, 0.05) is 19.1 Å². The van der Waals surface area contributed by atoms with Crippen molar-refractivity contribution in [2.75, 3.05) is 17.2 Å². The summed E-state index contributed by atoms with van der Waals surface area (Å²) in [5.41, 5.74) is 11.7. The van der Waals surface area contributed by atoms with Gasteiger partial charge < -0.3 is 25.6 Å². The van der Waals surface area contributed by atoms with E-state index in [9.17, 15) is 21.6 Å². The Kier molecular flexibility index (Phi) is 7.18. The van der Waals surface area contributed by atoms with Crippen molar-refractivity contribution in [1.29, 1.82) is 0 Å². The van der Waals surface area contributed by atoms with Gasteiger partial charge in [0.2, 0.25) is 5.82 Å². The second-order valence-electron chi connectivity index (χ2n) is 9.01. The molecule has 9 nitrogen and oxygen atoms in total. The first-order chi connectivity index (χ1) is 17.2. The summed E-state index contributed by atoms with van der Waals surface area (Å²) in [6, 6.07) is 5.77. The Bertz CT molecular complexity index is 1380. The van der Waals surface area contributed by atoms with Gasteiger partial charge in [-0.2, -0.15) is 18.2 Å². The van der Waals surface area contributed by atoms with Gasteiger partial charge in [-0.05, 0) is 43.7 Å². The standard InChI is InChI=1S/C23H25F4N5O4S/c1-12(2)35-15-5-3-13(4-6-15)9-32-10-14(28)11-37(33,34)19-8-17(24)16(7-18(19)32)21-30-22(36-31-21)20(29)23(25,26)27/h3-8,12,14,20H,9-11,28-29H2,1-2H3/t14-,20?/m1/s1. The van der Waals surface area contributed by atoms with Gasteiger partial charge in [0.25, 0.3) is 5.89 Å². The van der Waals surface area contributed by atoms with Gasteiger partial charge in [0.05, 0.1) is 28.0 Å². The fourth-order valence-electron chi connectivity index (χ4n) is 3.94. The average molecular weight is 544 g/mol. The molecule has 1 aliphatic rings. The third-order valence-corrected chi connectivity index (χ3v) is 7.45. The van der Waals surface area contributed by atoms with E-state index in [2.05, 4.69) is 14.7 Å². The highest BCUT2D eigenvalue weighted by atomic mass is 32.2. The van der Waals surface area contributed by atoms with Crippen LogP contribution in [0.5, 0.6) is 5.75 Å². The lowest BCUT2D eigenvalue weighted by Gasteiger charge is -2.26. The van der Waals surface area contributed by atoms with Crippen molar-refractivity contribution in [3.8, 4) is 17.1 Å². The molecule has 0 amide bonds. The lowest BCUT2D eigenvalue weighted by Crippen LogP contribution is -2.39. The molecule has 0 saturated heterocycles. The zero-order chi connectivity index (χ0) is 27.1. The first kappa shape index (κ1) is 26.8. The molecule has 37 heavy (non-hydrogen) atoms. The summed E-state index contributed by atoms with van der Waals surface area (Å²) in [6.45, 7) is 4.10. The van der Waals surface area contributed by atoms with Crippen LogP contribution in [0.4, 0.5) is 23.2 Å². The van der Waals surface area contributed by atoms with Crippen molar-refractivity contribution in [2.24, 2.45) is 11.5 Å². The topological polar surface area (TPSA) is 138 Å². The molecule has 1 aromatic heterocycles. The van der Waals surface area contributed by atoms with Gasteiger partial charge in [-0.1, -0.05) is 17.3 Å². The molecular weight excluding hydrogens is 518 g/mol. The first-order valence-corrected chi connectivity index (χ1v) is 12.9. The van der Waals surface area contributed by atoms with E-state index in [4.69, 9.17) is 16.2 Å². The molecule has 3 aromatic rings. The summed E-state index contributed by atoms with van der Waals surface area (Å²) >= 11 is 0. The number of sulfone groups is 1. The van der Waals surface area contributed by atoms with Crippen molar-refractivity contribution in [1.82, 2.24) is 10.1 Å². The molecule has 0 spiro atoms. The summed E-state index contributed by atoms with van der Waals surface area (Å²) < 4.78 is 90.1. The Morgan fingerprint density at radius 3 is 2.51 bits per heavy atom. The third kappa shape index (κ3) is 5.86. The number of nitrogens with zero attached hydrogens (tertiary/aromatic N) is 3. The van der Waals surface area contributed by atoms with E-state index in [0.29, 0.717) is 5.75 Å². The number of aromatic nitrogens is 2. The van der Waals surface area contributed by atoms with Crippen LogP contribution in [0.2, 0.25) is 0 Å². The molecule has 4 rings (SSSR count). The van der Waals surface area contributed by atoms with E-state index in [1.807, 2.05) is 13.8 Å². The van der Waals surface area contributed by atoms with Crippen molar-refractivity contribution in [3.05, 3.63) is 53.7 Å². The van der Waals surface area contributed by atoms with Crippen molar-refractivity contribution in [3.63, 3.8) is 0 Å². The lowest BCUT2D eigenvalue weighted by atomic mass is 10.1. The van der Waals surface area contributed by atoms with Crippen LogP contribution in [0.1, 0.15) is 31.3 Å². The van der Waals surface area contributed by atoms with Crippen LogP contribution in [-0.2, 0) is 16.4 Å². The number of nitrogens with two attached hydrogens (primary N) is 2. The molecule has 0 radical (unpaired) electrons. The third-order valence-electron chi connectivity index (χ3n) is 5.58. The molecule has 200 valence electrons. The Morgan fingerprint density at radius 2 is 1.89 bits per heavy atom. The molecule has 0 bridgehead atoms. The number of ether oxygens (including phenoxy) is 1. The Morgan fingerprint density at radius 1 is 1.22 bits per heavy atom. The first-order valence-electron chi connectivity index (χ1n) is 11.2. The summed E-state index contributed by atoms with van der Waals surface area (Å²) in [6.07, 6.45) is -4.87. The molecule has 14 heteroatoms. The predicted octanol–water partition coefficient (Wildman–Crippen LogP) is 3.35. The van der Waals surface area contributed by atoms with Gasteiger partial charge in [-0.25, -0.2) is 12.8 Å². The molecular formula is C23H25F4N5O4S. The fourth-order valence-corrected chi connectivity index (χ4v) is 5.58. The minimum Gasteiger partial charge on any atom is -0.491 e. The van der Waals surface area contributed by atoms with Gasteiger partial charge in [-0.15, -0.1) is 0 Å². The maximum atomic E-state index is 15.1. The SMILES string of the molecule is CC(C)Oc1ccc(CN2C[C@@H](N)CS(=O)(=O)c3cc(F)c(-c4noc(C(N)C(F)(F)F)n4)cc32)cc1. The molecule has 2 atom stereocenters. The quantitative estimate of drug-likeness (QED) is 0.448. The van der Waals surface area contributed by atoms with E-state index >= 15 is 4.39 Å². The van der Waals surface area contributed by atoms with Crippen LogP contribution in [0.25, 0.3) is 11.4 Å². The molecule has 0 aliphatic carbocycles. The minimum absolute atomic E-state index is 0.0174. The molecule has 1 aliphatic heterocycles. The highest BCUT2D eigenvalue weighted by molar-refractivity contribution is 7.91. The second-order valence-corrected chi connectivity index (χ2v) is 11.0. The van der Waals surface area contributed by atoms with Gasteiger partial charge in [0.15, 0.2) is 15.9 Å². The number of alkyl halides is 3. The summed E-state index contributed by atoms with van der Waals surface area (Å²) in [7, 11) is -3.98. The maximum Gasteiger partial charge on any atom is 0.412 e. The summed E-state index contributed by atoms with van der Waals surface area (Å²) in [5, 5.41) is 3.44. The van der Waals surface area contributed by atoms with Crippen molar-refractivity contribution >= 4 is 15.5 Å². The van der Waals surface area contributed by atoms with E-state index < -0.39 is 51.4 Å². The summed E-state index contributed by atoms with van der Waals surface area (Å²) in [5.74, 6) is -2.27. The van der Waals surface area contributed by atoms with E-state index in [0.717, 1.165) is 11.6 Å². The number of benzene rings is 2.